The molecule has 0 aliphatic heterocycles. The Kier molecular flexibility index (Phi) is 3.85. The number of carbonyl (C=O) groups is 2. The molecule has 2 rings (SSSR count). The van der Waals surface area contributed by atoms with Crippen molar-refractivity contribution in [2.75, 3.05) is 0 Å². The van der Waals surface area contributed by atoms with Gasteiger partial charge in [0.25, 0.3) is 0 Å². The quantitative estimate of drug-likeness (QED) is 0.848. The summed E-state index contributed by atoms with van der Waals surface area (Å²) in [6.45, 7) is 0. The van der Waals surface area contributed by atoms with Gasteiger partial charge in [0.1, 0.15) is 0 Å². The molecule has 6 nitrogen and oxygen atoms in total. The molecule has 8 heteroatoms. The lowest BCUT2D eigenvalue weighted by Gasteiger charge is -2.03. The molecule has 0 saturated carbocycles. The summed E-state index contributed by atoms with van der Waals surface area (Å²) in [6.07, 6.45) is 0. The van der Waals surface area contributed by atoms with Gasteiger partial charge in [-0.2, -0.15) is 5.48 Å². The Morgan fingerprint density at radius 1 is 1.28 bits per heavy atom. The van der Waals surface area contributed by atoms with Gasteiger partial charge in [0.2, 0.25) is 0 Å². The van der Waals surface area contributed by atoms with Crippen molar-refractivity contribution < 1.29 is 14.4 Å². The summed E-state index contributed by atoms with van der Waals surface area (Å²) < 4.78 is 3.51. The predicted octanol–water partition coefficient (Wildman–Crippen LogP) is 1.69. The van der Waals surface area contributed by atoms with E-state index in [1.165, 1.54) is 17.5 Å². The van der Waals surface area contributed by atoms with Crippen LogP contribution in [0.15, 0.2) is 29.6 Å². The van der Waals surface area contributed by atoms with Gasteiger partial charge in [-0.05, 0) is 35.8 Å². The summed E-state index contributed by atoms with van der Waals surface area (Å²) in [7, 11) is 0. The molecule has 1 N–H and O–H groups in total. The third kappa shape index (κ3) is 3.02. The molecule has 0 saturated heterocycles. The second-order valence-electron chi connectivity index (χ2n) is 3.12. The minimum atomic E-state index is -0.691. The van der Waals surface area contributed by atoms with E-state index in [1.807, 2.05) is 5.48 Å². The minimum absolute atomic E-state index is 0.0870. The third-order valence-corrected chi connectivity index (χ3v) is 2.67. The Labute approximate surface area is 111 Å². The van der Waals surface area contributed by atoms with Gasteiger partial charge in [-0.1, -0.05) is 16.1 Å². The number of halogens is 1. The number of benzene rings is 1. The van der Waals surface area contributed by atoms with E-state index >= 15 is 0 Å². The molecule has 0 atom stereocenters. The predicted molar refractivity (Wildman–Crippen MR) is 64.2 cm³/mol. The maximum absolute atomic E-state index is 11.5. The van der Waals surface area contributed by atoms with Crippen molar-refractivity contribution in [2.45, 2.75) is 0 Å². The second kappa shape index (κ2) is 5.56. The lowest BCUT2D eigenvalue weighted by Crippen LogP contribution is -2.27. The van der Waals surface area contributed by atoms with Crippen LogP contribution in [0.25, 0.3) is 0 Å². The molecule has 2 aromatic rings. The Bertz CT molecular complexity index is 556. The Hall–Kier alpha value is -1.99. The van der Waals surface area contributed by atoms with Crippen LogP contribution in [-0.4, -0.2) is 21.5 Å². The van der Waals surface area contributed by atoms with Gasteiger partial charge in [-0.25, -0.2) is 4.79 Å². The van der Waals surface area contributed by atoms with Crippen LogP contribution in [0.1, 0.15) is 20.8 Å². The molecule has 0 radical (unpaired) electrons. The summed E-state index contributed by atoms with van der Waals surface area (Å²) in [6, 6.07) is 6.07. The summed E-state index contributed by atoms with van der Waals surface area (Å²) in [5, 5.41) is 5.47. The van der Waals surface area contributed by atoms with Gasteiger partial charge < -0.3 is 4.84 Å². The molecule has 18 heavy (non-hydrogen) atoms. The molecule has 0 spiro atoms. The lowest BCUT2D eigenvalue weighted by atomic mass is 10.2. The van der Waals surface area contributed by atoms with E-state index in [0.717, 1.165) is 11.5 Å². The first kappa shape index (κ1) is 12.5. The highest BCUT2D eigenvalue weighted by Gasteiger charge is 2.12. The van der Waals surface area contributed by atoms with Crippen molar-refractivity contribution in [3.63, 3.8) is 0 Å². The molecule has 1 aromatic carbocycles. The molecule has 92 valence electrons. The number of rotatable bonds is 2. The summed E-state index contributed by atoms with van der Waals surface area (Å²) >= 11 is 6.70. The number of hydrogen-bond donors (Lipinski definition) is 1. The van der Waals surface area contributed by atoms with Crippen LogP contribution in [0, 0.1) is 0 Å². The number of aromatic nitrogens is 2. The van der Waals surface area contributed by atoms with Crippen molar-refractivity contribution in [1.29, 1.82) is 0 Å². The van der Waals surface area contributed by atoms with E-state index in [4.69, 9.17) is 11.6 Å². The smallest absolute Gasteiger partial charge is 0.335 e. The number of amides is 1. The summed E-state index contributed by atoms with van der Waals surface area (Å²) in [5.41, 5.74) is 2.34. The van der Waals surface area contributed by atoms with E-state index < -0.39 is 11.9 Å². The van der Waals surface area contributed by atoms with Crippen LogP contribution in [0.2, 0.25) is 5.02 Å². The zero-order valence-corrected chi connectivity index (χ0v) is 10.4. The van der Waals surface area contributed by atoms with Crippen molar-refractivity contribution >= 4 is 35.0 Å². The number of nitrogens with one attached hydrogen (secondary N) is 1. The van der Waals surface area contributed by atoms with Crippen LogP contribution in [0.3, 0.4) is 0 Å². The second-order valence-corrected chi connectivity index (χ2v) is 4.16. The number of nitrogens with zero attached hydrogens (tertiary/aromatic N) is 2. The largest absolute Gasteiger partial charge is 0.362 e. The summed E-state index contributed by atoms with van der Waals surface area (Å²) in [4.78, 5) is 27.5. The highest BCUT2D eigenvalue weighted by Crippen LogP contribution is 2.10. The van der Waals surface area contributed by atoms with Gasteiger partial charge in [0.05, 0.1) is 5.56 Å². The Morgan fingerprint density at radius 3 is 2.61 bits per heavy atom. The number of hydroxylamine groups is 1. The third-order valence-electron chi connectivity index (χ3n) is 1.91. The van der Waals surface area contributed by atoms with Crippen LogP contribution in [0.5, 0.6) is 0 Å². The van der Waals surface area contributed by atoms with Gasteiger partial charge in [0.15, 0.2) is 5.69 Å². The maximum atomic E-state index is 11.5. The number of hydrogen-bond acceptors (Lipinski definition) is 6. The monoisotopic (exact) mass is 283 g/mol. The number of carbonyl (C=O) groups excluding carboxylic acids is 2. The van der Waals surface area contributed by atoms with Crippen molar-refractivity contribution in [3.8, 4) is 0 Å². The Balaban J connectivity index is 1.92. The van der Waals surface area contributed by atoms with Crippen LogP contribution in [-0.2, 0) is 4.84 Å². The van der Waals surface area contributed by atoms with E-state index in [1.54, 1.807) is 12.1 Å². The van der Waals surface area contributed by atoms with Gasteiger partial charge in [-0.3, -0.25) is 4.79 Å². The average molecular weight is 284 g/mol. The highest BCUT2D eigenvalue weighted by molar-refractivity contribution is 7.03. The molecule has 0 aliphatic carbocycles. The molecule has 0 unspecified atom stereocenters. The first-order valence-corrected chi connectivity index (χ1v) is 5.92. The molecular formula is C10H6ClN3O3S. The topological polar surface area (TPSA) is 81.2 Å². The standard InChI is InChI=1S/C10H6ClN3O3S/c11-7-3-1-6(2-4-7)10(16)17-13-9(15)8-5-18-14-12-8/h1-5H,(H,13,15). The van der Waals surface area contributed by atoms with Crippen molar-refractivity contribution in [3.05, 3.63) is 45.9 Å². The molecular weight excluding hydrogens is 278 g/mol. The summed E-state index contributed by atoms with van der Waals surface area (Å²) in [5.74, 6) is -1.32. The first-order chi connectivity index (χ1) is 8.66. The molecule has 1 heterocycles. The fourth-order valence-corrected chi connectivity index (χ4v) is 1.62. The molecule has 0 fully saturated rings. The van der Waals surface area contributed by atoms with Crippen molar-refractivity contribution in [1.82, 2.24) is 15.1 Å². The van der Waals surface area contributed by atoms with Crippen molar-refractivity contribution in [2.24, 2.45) is 0 Å². The normalized spacial score (nSPS) is 9.83. The Morgan fingerprint density at radius 2 is 2.00 bits per heavy atom. The highest BCUT2D eigenvalue weighted by atomic mass is 35.5. The van der Waals surface area contributed by atoms with Gasteiger partial charge in [0, 0.05) is 10.4 Å². The van der Waals surface area contributed by atoms with Crippen LogP contribution >= 0.6 is 23.1 Å². The van der Waals surface area contributed by atoms with Crippen LogP contribution in [0.4, 0.5) is 0 Å². The molecule has 1 aromatic heterocycles. The van der Waals surface area contributed by atoms with Gasteiger partial charge >= 0.3 is 11.9 Å². The maximum Gasteiger partial charge on any atom is 0.362 e. The van der Waals surface area contributed by atoms with Crippen LogP contribution < -0.4 is 5.48 Å². The minimum Gasteiger partial charge on any atom is -0.335 e. The molecule has 0 bridgehead atoms. The molecule has 1 amide bonds. The van der Waals surface area contributed by atoms with E-state index in [0.29, 0.717) is 5.02 Å². The molecule has 0 aliphatic rings. The SMILES string of the molecule is O=C(ONC(=O)c1csnn1)c1ccc(Cl)cc1. The zero-order chi connectivity index (χ0) is 13.0. The van der Waals surface area contributed by atoms with Gasteiger partial charge in [-0.15, -0.1) is 5.10 Å². The zero-order valence-electron chi connectivity index (χ0n) is 8.79. The van der Waals surface area contributed by atoms with E-state index in [-0.39, 0.29) is 11.3 Å². The average Bonchev–Trinajstić information content (AvgIpc) is 2.90. The fraction of sp³-hybridized carbons (Fsp3) is 0. The fourth-order valence-electron chi connectivity index (χ4n) is 1.05. The lowest BCUT2D eigenvalue weighted by molar-refractivity contribution is 0.0228. The van der Waals surface area contributed by atoms with E-state index in [2.05, 4.69) is 14.4 Å². The first-order valence-electron chi connectivity index (χ1n) is 4.71. The van der Waals surface area contributed by atoms with E-state index in [9.17, 15) is 9.59 Å².